The maximum Gasteiger partial charge on any atom is 0.323 e. The van der Waals surface area contributed by atoms with Crippen molar-refractivity contribution in [2.24, 2.45) is 0 Å². The first-order chi connectivity index (χ1) is 18.9. The third kappa shape index (κ3) is 8.29. The predicted molar refractivity (Wildman–Crippen MR) is 153 cm³/mol. The van der Waals surface area contributed by atoms with Crippen molar-refractivity contribution in [2.45, 2.75) is 25.8 Å². The van der Waals surface area contributed by atoms with Crippen molar-refractivity contribution < 1.29 is 32.6 Å². The molecule has 3 aromatic carbocycles. The molecule has 0 heterocycles. The van der Waals surface area contributed by atoms with Crippen molar-refractivity contribution in [3.05, 3.63) is 83.4 Å². The standard InChI is InChI=1S/C28H32N4O7S/c1-18-7-5-6-8-22(18)30-28(36)31-23-14-9-19(15-25(23)39-3)16-26(33)29-21-12-10-20(11-13-21)24(17-27(34)35)32(2)40(4,37)38/h5-15,24H,16-17H2,1-4H3,(H,29,33)(H,34,35)(H2,30,31,36). The van der Waals surface area contributed by atoms with Crippen molar-refractivity contribution in [1.82, 2.24) is 4.31 Å². The van der Waals surface area contributed by atoms with Gasteiger partial charge in [0.15, 0.2) is 0 Å². The first-order valence-corrected chi connectivity index (χ1v) is 14.1. The second-order valence-electron chi connectivity index (χ2n) is 9.17. The van der Waals surface area contributed by atoms with Gasteiger partial charge >= 0.3 is 12.0 Å². The van der Waals surface area contributed by atoms with E-state index < -0.39 is 34.5 Å². The van der Waals surface area contributed by atoms with E-state index in [1.54, 1.807) is 48.5 Å². The van der Waals surface area contributed by atoms with Gasteiger partial charge in [0.05, 0.1) is 37.9 Å². The lowest BCUT2D eigenvalue weighted by molar-refractivity contribution is -0.138. The maximum atomic E-state index is 12.7. The third-order valence-corrected chi connectivity index (χ3v) is 7.48. The highest BCUT2D eigenvalue weighted by Crippen LogP contribution is 2.28. The molecule has 12 heteroatoms. The Bertz CT molecular complexity index is 1490. The number of carboxylic acids is 1. The third-order valence-electron chi connectivity index (χ3n) is 6.18. The molecule has 0 aromatic heterocycles. The van der Waals surface area contributed by atoms with E-state index in [0.717, 1.165) is 16.1 Å². The van der Waals surface area contributed by atoms with Gasteiger partial charge in [0.1, 0.15) is 5.75 Å². The number of anilines is 3. The van der Waals surface area contributed by atoms with Gasteiger partial charge in [0.25, 0.3) is 0 Å². The van der Waals surface area contributed by atoms with Gasteiger partial charge < -0.3 is 25.8 Å². The lowest BCUT2D eigenvalue weighted by Crippen LogP contribution is -2.31. The molecule has 3 amide bonds. The molecule has 0 bridgehead atoms. The molecule has 0 aliphatic rings. The van der Waals surface area contributed by atoms with E-state index in [2.05, 4.69) is 16.0 Å². The SMILES string of the molecule is COc1cc(CC(=O)Nc2ccc(C(CC(=O)O)N(C)S(C)(=O)=O)cc2)ccc1NC(=O)Nc1ccccc1C. The topological polar surface area (TPSA) is 154 Å². The lowest BCUT2D eigenvalue weighted by atomic mass is 10.0. The number of para-hydroxylation sites is 1. The van der Waals surface area contributed by atoms with Crippen LogP contribution in [0.15, 0.2) is 66.7 Å². The van der Waals surface area contributed by atoms with Crippen molar-refractivity contribution in [1.29, 1.82) is 0 Å². The van der Waals surface area contributed by atoms with Crippen LogP contribution in [0, 0.1) is 6.92 Å². The summed E-state index contributed by atoms with van der Waals surface area (Å²) in [6, 6.07) is 17.4. The van der Waals surface area contributed by atoms with Gasteiger partial charge in [-0.1, -0.05) is 36.4 Å². The van der Waals surface area contributed by atoms with Gasteiger partial charge in [0, 0.05) is 18.4 Å². The number of hydrogen-bond acceptors (Lipinski definition) is 6. The molecule has 0 radical (unpaired) electrons. The number of amides is 3. The molecule has 0 saturated heterocycles. The van der Waals surface area contributed by atoms with Crippen molar-refractivity contribution in [2.75, 3.05) is 36.4 Å². The lowest BCUT2D eigenvalue weighted by Gasteiger charge is -2.25. The molecule has 4 N–H and O–H groups in total. The molecule has 0 aliphatic carbocycles. The number of ether oxygens (including phenoxy) is 1. The molecule has 0 spiro atoms. The van der Waals surface area contributed by atoms with Crippen molar-refractivity contribution >= 4 is 45.0 Å². The number of aliphatic carboxylic acids is 1. The predicted octanol–water partition coefficient (Wildman–Crippen LogP) is 4.24. The van der Waals surface area contributed by atoms with E-state index in [4.69, 9.17) is 4.74 Å². The Balaban J connectivity index is 1.64. The van der Waals surface area contributed by atoms with Crippen LogP contribution in [0.4, 0.5) is 21.9 Å². The fraction of sp³-hybridized carbons (Fsp3) is 0.250. The van der Waals surface area contributed by atoms with Crippen LogP contribution in [-0.4, -0.2) is 56.2 Å². The Labute approximate surface area is 233 Å². The van der Waals surface area contributed by atoms with Crippen LogP contribution in [0.5, 0.6) is 5.75 Å². The zero-order valence-electron chi connectivity index (χ0n) is 22.6. The van der Waals surface area contributed by atoms with Crippen molar-refractivity contribution in [3.63, 3.8) is 0 Å². The molecule has 1 unspecified atom stereocenters. The number of nitrogens with one attached hydrogen (secondary N) is 3. The van der Waals surface area contributed by atoms with Crippen LogP contribution in [0.2, 0.25) is 0 Å². The van der Waals surface area contributed by atoms with Crippen LogP contribution >= 0.6 is 0 Å². The number of sulfonamides is 1. The van der Waals surface area contributed by atoms with E-state index in [0.29, 0.717) is 33.9 Å². The number of aryl methyl sites for hydroxylation is 1. The molecule has 0 saturated carbocycles. The first-order valence-electron chi connectivity index (χ1n) is 12.2. The number of carbonyl (C=O) groups excluding carboxylic acids is 2. The van der Waals surface area contributed by atoms with E-state index in [1.165, 1.54) is 14.2 Å². The zero-order valence-corrected chi connectivity index (χ0v) is 23.4. The maximum absolute atomic E-state index is 12.7. The summed E-state index contributed by atoms with van der Waals surface area (Å²) in [6.07, 6.45) is 0.621. The fourth-order valence-electron chi connectivity index (χ4n) is 3.97. The molecular formula is C28H32N4O7S. The summed E-state index contributed by atoms with van der Waals surface area (Å²) in [5.74, 6) is -1.07. The molecule has 1 atom stereocenters. The van der Waals surface area contributed by atoms with Gasteiger partial charge in [0.2, 0.25) is 15.9 Å². The van der Waals surface area contributed by atoms with E-state index >= 15 is 0 Å². The summed E-state index contributed by atoms with van der Waals surface area (Å²) >= 11 is 0. The van der Waals surface area contributed by atoms with Gasteiger partial charge in [-0.3, -0.25) is 9.59 Å². The number of benzene rings is 3. The largest absolute Gasteiger partial charge is 0.495 e. The van der Waals surface area contributed by atoms with E-state index in [1.807, 2.05) is 25.1 Å². The molecule has 11 nitrogen and oxygen atoms in total. The number of rotatable bonds is 11. The van der Waals surface area contributed by atoms with E-state index in [-0.39, 0.29) is 12.3 Å². The normalized spacial score (nSPS) is 11.9. The molecule has 0 aliphatic heterocycles. The summed E-state index contributed by atoms with van der Waals surface area (Å²) in [5, 5.41) is 17.5. The Morgan fingerprint density at radius 1 is 0.950 bits per heavy atom. The molecule has 3 aromatic rings. The Morgan fingerprint density at radius 3 is 2.20 bits per heavy atom. The molecular weight excluding hydrogens is 536 g/mol. The highest BCUT2D eigenvalue weighted by Gasteiger charge is 2.26. The summed E-state index contributed by atoms with van der Waals surface area (Å²) in [4.78, 5) is 36.5. The number of urea groups is 1. The second-order valence-corrected chi connectivity index (χ2v) is 11.2. The molecule has 0 fully saturated rings. The smallest absolute Gasteiger partial charge is 0.323 e. The van der Waals surface area contributed by atoms with Gasteiger partial charge in [-0.15, -0.1) is 0 Å². The Kier molecular flexibility index (Phi) is 9.86. The summed E-state index contributed by atoms with van der Waals surface area (Å²) in [5.41, 5.74) is 3.62. The zero-order chi connectivity index (χ0) is 29.4. The fourth-order valence-corrected chi connectivity index (χ4v) is 4.63. The quantitative estimate of drug-likeness (QED) is 0.270. The molecule has 212 valence electrons. The number of methoxy groups -OCH3 is 1. The second kappa shape index (κ2) is 13.1. The molecule has 3 rings (SSSR count). The van der Waals surface area contributed by atoms with Crippen LogP contribution in [0.1, 0.15) is 29.2 Å². The number of carbonyl (C=O) groups is 3. The van der Waals surface area contributed by atoms with Crippen LogP contribution in [0.25, 0.3) is 0 Å². The highest BCUT2D eigenvalue weighted by molar-refractivity contribution is 7.88. The monoisotopic (exact) mass is 568 g/mol. The average molecular weight is 569 g/mol. The van der Waals surface area contributed by atoms with Crippen LogP contribution < -0.4 is 20.7 Å². The van der Waals surface area contributed by atoms with Crippen LogP contribution in [0.3, 0.4) is 0 Å². The Hall–Kier alpha value is -4.42. The number of hydrogen-bond donors (Lipinski definition) is 4. The summed E-state index contributed by atoms with van der Waals surface area (Å²) in [6.45, 7) is 1.89. The first kappa shape index (κ1) is 30.1. The van der Waals surface area contributed by atoms with Crippen LogP contribution in [-0.2, 0) is 26.0 Å². The van der Waals surface area contributed by atoms with Gasteiger partial charge in [-0.2, -0.15) is 4.31 Å². The number of nitrogens with zero attached hydrogens (tertiary/aromatic N) is 1. The van der Waals surface area contributed by atoms with Crippen molar-refractivity contribution in [3.8, 4) is 5.75 Å². The highest BCUT2D eigenvalue weighted by atomic mass is 32.2. The van der Waals surface area contributed by atoms with Gasteiger partial charge in [-0.05, 0) is 53.9 Å². The average Bonchev–Trinajstić information content (AvgIpc) is 2.89. The minimum Gasteiger partial charge on any atom is -0.495 e. The van der Waals surface area contributed by atoms with E-state index in [9.17, 15) is 27.9 Å². The van der Waals surface area contributed by atoms with Gasteiger partial charge in [-0.25, -0.2) is 13.2 Å². The minimum absolute atomic E-state index is 0.0201. The minimum atomic E-state index is -3.63. The summed E-state index contributed by atoms with van der Waals surface area (Å²) < 4.78 is 30.3. The Morgan fingerprint density at radius 2 is 1.60 bits per heavy atom. The summed E-state index contributed by atoms with van der Waals surface area (Å²) in [7, 11) is -0.842. The molecule has 40 heavy (non-hydrogen) atoms. The number of carboxylic acid groups (broad SMARTS) is 1.